The summed E-state index contributed by atoms with van der Waals surface area (Å²) in [5, 5.41) is 8.21. The van der Waals surface area contributed by atoms with Crippen LogP contribution in [0, 0.1) is 0 Å². The van der Waals surface area contributed by atoms with Crippen molar-refractivity contribution in [3.63, 3.8) is 0 Å². The van der Waals surface area contributed by atoms with Gasteiger partial charge in [0.2, 0.25) is 0 Å². The topological polar surface area (TPSA) is 26.0 Å². The van der Waals surface area contributed by atoms with E-state index in [1.54, 1.807) is 0 Å². The van der Waals surface area contributed by atoms with Crippen molar-refractivity contribution in [2.24, 2.45) is 5.14 Å². The fourth-order valence-electron chi connectivity index (χ4n) is 0.189. The lowest BCUT2D eigenvalue weighted by Crippen LogP contribution is -1.77. The Morgan fingerprint density at radius 3 is 2.20 bits per heavy atom. The van der Waals surface area contributed by atoms with Crippen molar-refractivity contribution in [1.82, 2.24) is 0 Å². The molecule has 0 aromatic rings. The molecule has 1 rings (SSSR count). The maximum atomic E-state index is 5.34. The van der Waals surface area contributed by atoms with Crippen LogP contribution in [0.15, 0.2) is 0 Å². The van der Waals surface area contributed by atoms with Crippen LogP contribution in [0.2, 0.25) is 0 Å². The van der Waals surface area contributed by atoms with Crippen molar-refractivity contribution < 1.29 is 0 Å². The predicted molar refractivity (Wildman–Crippen MR) is 27.3 cm³/mol. The fraction of sp³-hybridized carbons (Fsp3) is 0.667. The molecule has 0 aliphatic carbocycles. The first-order valence-corrected chi connectivity index (χ1v) is 3.03. The second-order valence-corrected chi connectivity index (χ2v) is 3.08. The van der Waals surface area contributed by atoms with Gasteiger partial charge in [0.05, 0.1) is 0 Å². The molecule has 0 radical (unpaired) electrons. The van der Waals surface area contributed by atoms with Crippen molar-refractivity contribution >= 4 is 16.0 Å². The molecule has 5 heavy (non-hydrogen) atoms. The second kappa shape index (κ2) is 0.820. The predicted octanol–water partition coefficient (Wildman–Crippen LogP) is 0.333. The van der Waals surface area contributed by atoms with Crippen LogP contribution in [0.3, 0.4) is 0 Å². The van der Waals surface area contributed by atoms with Gasteiger partial charge in [-0.3, -0.25) is 5.14 Å². The first-order chi connectivity index (χ1) is 2.30. The third-order valence-electron chi connectivity index (χ3n) is 0.701. The maximum absolute atomic E-state index is 5.34. The highest BCUT2D eigenvalue weighted by molar-refractivity contribution is 8.21. The van der Waals surface area contributed by atoms with Crippen LogP contribution in [0.4, 0.5) is 0 Å². The summed E-state index contributed by atoms with van der Waals surface area (Å²) < 4.78 is 0. The average Bonchev–Trinajstić information content (AvgIpc) is 1.79. The van der Waals surface area contributed by atoms with E-state index in [-0.39, 0.29) is 10.7 Å². The SMILES string of the molecule is CC1C=S1N. The molecule has 2 atom stereocenters. The van der Waals surface area contributed by atoms with E-state index in [0.717, 1.165) is 5.25 Å². The molecule has 2 unspecified atom stereocenters. The van der Waals surface area contributed by atoms with Crippen LogP contribution < -0.4 is 5.14 Å². The van der Waals surface area contributed by atoms with Crippen LogP contribution in [0.25, 0.3) is 0 Å². The molecule has 2 heteroatoms. The first-order valence-electron chi connectivity index (χ1n) is 1.62. The summed E-state index contributed by atoms with van der Waals surface area (Å²) in [6.07, 6.45) is 0. The molecule has 0 saturated heterocycles. The van der Waals surface area contributed by atoms with Crippen molar-refractivity contribution in [1.29, 1.82) is 0 Å². The maximum Gasteiger partial charge on any atom is 0.0341 e. The van der Waals surface area contributed by atoms with Gasteiger partial charge < -0.3 is 0 Å². The molecule has 1 aliphatic rings. The smallest absolute Gasteiger partial charge is 0.0341 e. The summed E-state index contributed by atoms with van der Waals surface area (Å²) in [5.74, 6) is 0. The van der Waals surface area contributed by atoms with Gasteiger partial charge in [-0.1, -0.05) is 0 Å². The normalized spacial score (nSPS) is 47.6. The summed E-state index contributed by atoms with van der Waals surface area (Å²) >= 11 is 0. The minimum atomic E-state index is 0.219. The minimum Gasteiger partial charge on any atom is -0.283 e. The summed E-state index contributed by atoms with van der Waals surface area (Å²) in [6.45, 7) is 2.13. The highest BCUT2D eigenvalue weighted by Gasteiger charge is 2.10. The molecule has 0 bridgehead atoms. The number of nitrogens with two attached hydrogens (primary N) is 1. The third kappa shape index (κ3) is 0.520. The summed E-state index contributed by atoms with van der Waals surface area (Å²) in [6, 6.07) is 0. The summed E-state index contributed by atoms with van der Waals surface area (Å²) in [5.41, 5.74) is 0. The highest BCUT2D eigenvalue weighted by Crippen LogP contribution is 2.22. The van der Waals surface area contributed by atoms with Crippen LogP contribution >= 0.6 is 10.7 Å². The number of hydrogen-bond acceptors (Lipinski definition) is 1. The molecular weight excluding hydrogens is 82.1 g/mol. The Hall–Kier alpha value is 0.180. The lowest BCUT2D eigenvalue weighted by atomic mass is 10.6. The second-order valence-electron chi connectivity index (χ2n) is 1.25. The zero-order chi connectivity index (χ0) is 3.86. The summed E-state index contributed by atoms with van der Waals surface area (Å²) in [4.78, 5) is 0. The standard InChI is InChI=1S/C3H7NS/c1-3-2-5(3)4/h2-3H,4H2,1H3. The average molecular weight is 89.2 g/mol. The van der Waals surface area contributed by atoms with Gasteiger partial charge in [0, 0.05) is 5.25 Å². The minimum absolute atomic E-state index is 0.219. The Bertz CT molecular complexity index is 77.0. The van der Waals surface area contributed by atoms with Crippen LogP contribution in [0.5, 0.6) is 0 Å². The van der Waals surface area contributed by atoms with Crippen molar-refractivity contribution in [3.8, 4) is 0 Å². The Balaban J connectivity index is 2.38. The van der Waals surface area contributed by atoms with Gasteiger partial charge in [-0.25, -0.2) is 0 Å². The zero-order valence-corrected chi connectivity index (χ0v) is 3.96. The first kappa shape index (κ1) is 3.37. The number of hydrogen-bond donors (Lipinski definition) is 1. The fourth-order valence-corrected chi connectivity index (χ4v) is 0.760. The van der Waals surface area contributed by atoms with Gasteiger partial charge >= 0.3 is 0 Å². The Kier molecular flexibility index (Phi) is 0.553. The van der Waals surface area contributed by atoms with Crippen LogP contribution in [-0.2, 0) is 0 Å². The monoisotopic (exact) mass is 89.0 g/mol. The van der Waals surface area contributed by atoms with E-state index in [4.69, 9.17) is 5.14 Å². The zero-order valence-electron chi connectivity index (χ0n) is 3.14. The van der Waals surface area contributed by atoms with E-state index in [1.807, 2.05) is 0 Å². The Morgan fingerprint density at radius 1 is 2.00 bits per heavy atom. The Morgan fingerprint density at radius 2 is 2.20 bits per heavy atom. The molecule has 1 heterocycles. The van der Waals surface area contributed by atoms with Gasteiger partial charge in [0.25, 0.3) is 0 Å². The number of rotatable bonds is 0. The molecule has 0 saturated carbocycles. The lowest BCUT2D eigenvalue weighted by Gasteiger charge is -1.72. The highest BCUT2D eigenvalue weighted by atomic mass is 32.2. The molecule has 0 aromatic carbocycles. The molecule has 1 aliphatic heterocycles. The third-order valence-corrected chi connectivity index (χ3v) is 2.10. The van der Waals surface area contributed by atoms with Gasteiger partial charge in [-0.15, -0.1) is 10.7 Å². The summed E-state index contributed by atoms with van der Waals surface area (Å²) in [7, 11) is 0.219. The quantitative estimate of drug-likeness (QED) is 0.425. The molecule has 2 N–H and O–H groups in total. The van der Waals surface area contributed by atoms with E-state index in [9.17, 15) is 0 Å². The van der Waals surface area contributed by atoms with E-state index in [2.05, 4.69) is 12.3 Å². The van der Waals surface area contributed by atoms with Crippen LogP contribution in [0.1, 0.15) is 6.92 Å². The molecule has 0 fully saturated rings. The molecule has 1 nitrogen and oxygen atoms in total. The van der Waals surface area contributed by atoms with E-state index in [1.165, 1.54) is 0 Å². The molecule has 0 amide bonds. The molecule has 0 aromatic heterocycles. The van der Waals surface area contributed by atoms with Gasteiger partial charge in [-0.2, -0.15) is 0 Å². The Labute approximate surface area is 34.2 Å². The van der Waals surface area contributed by atoms with E-state index >= 15 is 0 Å². The van der Waals surface area contributed by atoms with E-state index < -0.39 is 0 Å². The van der Waals surface area contributed by atoms with Crippen molar-refractivity contribution in [2.75, 3.05) is 0 Å². The van der Waals surface area contributed by atoms with Gasteiger partial charge in [0.15, 0.2) is 0 Å². The molecule has 30 valence electrons. The van der Waals surface area contributed by atoms with E-state index in [0.29, 0.717) is 0 Å². The van der Waals surface area contributed by atoms with Crippen molar-refractivity contribution in [3.05, 3.63) is 0 Å². The largest absolute Gasteiger partial charge is 0.283 e. The molecule has 0 spiro atoms. The molecular formula is C3H7NS. The van der Waals surface area contributed by atoms with Gasteiger partial charge in [-0.05, 0) is 12.3 Å². The van der Waals surface area contributed by atoms with Crippen molar-refractivity contribution in [2.45, 2.75) is 12.2 Å². The van der Waals surface area contributed by atoms with Gasteiger partial charge in [0.1, 0.15) is 0 Å². The lowest BCUT2D eigenvalue weighted by molar-refractivity contribution is 1.41. The van der Waals surface area contributed by atoms with Crippen LogP contribution in [-0.4, -0.2) is 10.6 Å².